The summed E-state index contributed by atoms with van der Waals surface area (Å²) in [5.74, 6) is -0.970. The Kier molecular flexibility index (Phi) is 3.42. The first-order chi connectivity index (χ1) is 10.5. The molecule has 0 aliphatic heterocycles. The molecule has 0 saturated carbocycles. The maximum absolute atomic E-state index is 12.6. The predicted octanol–water partition coefficient (Wildman–Crippen LogP) is 2.34. The lowest BCUT2D eigenvalue weighted by molar-refractivity contribution is -0.136. The van der Waals surface area contributed by atoms with E-state index in [0.717, 1.165) is 11.1 Å². The number of benzene rings is 2. The van der Waals surface area contributed by atoms with Gasteiger partial charge in [0.15, 0.2) is 0 Å². The Bertz CT molecular complexity index is 956. The largest absolute Gasteiger partial charge is 0.481 e. The van der Waals surface area contributed by atoms with Gasteiger partial charge >= 0.3 is 5.97 Å². The maximum Gasteiger partial charge on any atom is 0.307 e. The zero-order valence-corrected chi connectivity index (χ0v) is 12.1. The molecule has 0 spiro atoms. The van der Waals surface area contributed by atoms with E-state index in [1.807, 2.05) is 13.0 Å². The Morgan fingerprint density at radius 2 is 1.86 bits per heavy atom. The van der Waals surface area contributed by atoms with Crippen LogP contribution in [0.2, 0.25) is 0 Å². The summed E-state index contributed by atoms with van der Waals surface area (Å²) in [5.41, 5.74) is 8.53. The molecule has 0 aliphatic carbocycles. The molecule has 1 heterocycles. The van der Waals surface area contributed by atoms with Gasteiger partial charge in [0.2, 0.25) is 5.43 Å². The van der Waals surface area contributed by atoms with Crippen molar-refractivity contribution in [3.63, 3.8) is 0 Å². The molecule has 0 saturated heterocycles. The van der Waals surface area contributed by atoms with E-state index in [-0.39, 0.29) is 11.8 Å². The Balaban J connectivity index is 2.45. The van der Waals surface area contributed by atoms with E-state index in [1.54, 1.807) is 24.3 Å². The summed E-state index contributed by atoms with van der Waals surface area (Å²) in [4.78, 5) is 23.6. The van der Waals surface area contributed by atoms with Crippen LogP contribution in [0.25, 0.3) is 21.9 Å². The fourth-order valence-electron chi connectivity index (χ4n) is 2.70. The lowest BCUT2D eigenvalue weighted by Gasteiger charge is -2.09. The second-order valence-corrected chi connectivity index (χ2v) is 5.23. The van der Waals surface area contributed by atoms with Gasteiger partial charge in [-0.25, -0.2) is 0 Å². The third kappa shape index (κ3) is 2.16. The van der Waals surface area contributed by atoms with Gasteiger partial charge < -0.3 is 15.3 Å². The number of hydrogen-bond donors (Lipinski definition) is 2. The molecule has 22 heavy (non-hydrogen) atoms. The average Bonchev–Trinajstić information content (AvgIpc) is 2.49. The Hall–Kier alpha value is -2.66. The van der Waals surface area contributed by atoms with E-state index in [9.17, 15) is 9.59 Å². The fraction of sp³-hybridized carbons (Fsp3) is 0.176. The molecule has 0 aliphatic rings. The first-order valence-corrected chi connectivity index (χ1v) is 6.91. The Morgan fingerprint density at radius 1 is 1.14 bits per heavy atom. The number of para-hydroxylation sites is 1. The Labute approximate surface area is 126 Å². The van der Waals surface area contributed by atoms with Crippen LogP contribution in [0.3, 0.4) is 0 Å². The van der Waals surface area contributed by atoms with Crippen molar-refractivity contribution in [1.82, 2.24) is 0 Å². The molecule has 3 N–H and O–H groups in total. The molecule has 1 aromatic heterocycles. The van der Waals surface area contributed by atoms with E-state index in [2.05, 4.69) is 0 Å². The minimum atomic E-state index is -0.970. The molecule has 0 atom stereocenters. The van der Waals surface area contributed by atoms with Crippen LogP contribution < -0.4 is 11.2 Å². The first kappa shape index (κ1) is 14.3. The minimum Gasteiger partial charge on any atom is -0.481 e. The number of carbonyl (C=O) groups is 1. The molecule has 0 unspecified atom stereocenters. The smallest absolute Gasteiger partial charge is 0.307 e. The van der Waals surface area contributed by atoms with Crippen LogP contribution in [0.5, 0.6) is 0 Å². The molecule has 0 radical (unpaired) electrons. The molecule has 3 rings (SSSR count). The highest BCUT2D eigenvalue weighted by atomic mass is 16.4. The standard InChI is InChI=1S/C17H15NO4/c1-9-11(8-18)5-6-13-15(21)12-4-2-3-10(7-14(19)20)17(12)22-16(9)13/h2-6H,7-8,18H2,1H3,(H,19,20). The summed E-state index contributed by atoms with van der Waals surface area (Å²) in [6.07, 6.45) is -0.193. The third-order valence-electron chi connectivity index (χ3n) is 3.87. The number of hydrogen-bond acceptors (Lipinski definition) is 4. The van der Waals surface area contributed by atoms with Crippen molar-refractivity contribution in [3.8, 4) is 0 Å². The van der Waals surface area contributed by atoms with Gasteiger partial charge in [0, 0.05) is 12.1 Å². The van der Waals surface area contributed by atoms with Crippen LogP contribution in [-0.4, -0.2) is 11.1 Å². The average molecular weight is 297 g/mol. The number of aryl methyl sites for hydroxylation is 1. The van der Waals surface area contributed by atoms with E-state index in [4.69, 9.17) is 15.3 Å². The molecule has 3 aromatic rings. The summed E-state index contributed by atoms with van der Waals surface area (Å²) < 4.78 is 5.91. The van der Waals surface area contributed by atoms with Gasteiger partial charge in [-0.15, -0.1) is 0 Å². The van der Waals surface area contributed by atoms with E-state index < -0.39 is 5.97 Å². The molecule has 0 bridgehead atoms. The lowest BCUT2D eigenvalue weighted by Crippen LogP contribution is -2.08. The summed E-state index contributed by atoms with van der Waals surface area (Å²) >= 11 is 0. The number of rotatable bonds is 3. The zero-order valence-electron chi connectivity index (χ0n) is 12.1. The Morgan fingerprint density at radius 3 is 2.55 bits per heavy atom. The number of nitrogens with two attached hydrogens (primary N) is 1. The molecular formula is C17H15NO4. The van der Waals surface area contributed by atoms with Crippen LogP contribution >= 0.6 is 0 Å². The van der Waals surface area contributed by atoms with Crippen LogP contribution in [0.1, 0.15) is 16.7 Å². The van der Waals surface area contributed by atoms with Gasteiger partial charge in [-0.05, 0) is 30.2 Å². The van der Waals surface area contributed by atoms with Crippen LogP contribution in [0.4, 0.5) is 0 Å². The molecule has 0 fully saturated rings. The van der Waals surface area contributed by atoms with E-state index >= 15 is 0 Å². The SMILES string of the molecule is Cc1c(CN)ccc2c(=O)c3cccc(CC(=O)O)c3oc12. The summed E-state index contributed by atoms with van der Waals surface area (Å²) in [6, 6.07) is 8.51. The van der Waals surface area contributed by atoms with E-state index in [1.165, 1.54) is 0 Å². The number of carboxylic acids is 1. The monoisotopic (exact) mass is 297 g/mol. The van der Waals surface area contributed by atoms with Gasteiger partial charge in [-0.1, -0.05) is 18.2 Å². The predicted molar refractivity (Wildman–Crippen MR) is 84.0 cm³/mol. The highest BCUT2D eigenvalue weighted by molar-refractivity contribution is 5.93. The summed E-state index contributed by atoms with van der Waals surface area (Å²) in [7, 11) is 0. The van der Waals surface area contributed by atoms with Crippen molar-refractivity contribution in [2.75, 3.05) is 0 Å². The van der Waals surface area contributed by atoms with Crippen molar-refractivity contribution in [2.45, 2.75) is 19.9 Å². The van der Waals surface area contributed by atoms with Crippen LogP contribution in [0.15, 0.2) is 39.5 Å². The number of carboxylic acid groups (broad SMARTS) is 1. The molecule has 5 nitrogen and oxygen atoms in total. The molecule has 0 amide bonds. The number of aliphatic carboxylic acids is 1. The fourth-order valence-corrected chi connectivity index (χ4v) is 2.70. The van der Waals surface area contributed by atoms with Crippen molar-refractivity contribution >= 4 is 27.9 Å². The van der Waals surface area contributed by atoms with Crippen LogP contribution in [0, 0.1) is 6.92 Å². The summed E-state index contributed by atoms with van der Waals surface area (Å²) in [6.45, 7) is 2.19. The van der Waals surface area contributed by atoms with E-state index in [0.29, 0.717) is 34.0 Å². The van der Waals surface area contributed by atoms with Gasteiger partial charge in [-0.2, -0.15) is 0 Å². The molecule has 2 aromatic carbocycles. The second kappa shape index (κ2) is 5.27. The highest BCUT2D eigenvalue weighted by Gasteiger charge is 2.15. The van der Waals surface area contributed by atoms with Crippen molar-refractivity contribution < 1.29 is 14.3 Å². The van der Waals surface area contributed by atoms with Gasteiger partial charge in [0.05, 0.1) is 17.2 Å². The molecular weight excluding hydrogens is 282 g/mol. The zero-order chi connectivity index (χ0) is 15.9. The molecule has 112 valence electrons. The maximum atomic E-state index is 12.6. The van der Waals surface area contributed by atoms with Crippen molar-refractivity contribution in [2.24, 2.45) is 5.73 Å². The van der Waals surface area contributed by atoms with Gasteiger partial charge in [-0.3, -0.25) is 9.59 Å². The lowest BCUT2D eigenvalue weighted by atomic mass is 10.0. The van der Waals surface area contributed by atoms with Crippen molar-refractivity contribution in [3.05, 3.63) is 57.2 Å². The minimum absolute atomic E-state index is 0.157. The van der Waals surface area contributed by atoms with Gasteiger partial charge in [0.1, 0.15) is 11.2 Å². The highest BCUT2D eigenvalue weighted by Crippen LogP contribution is 2.26. The molecule has 5 heteroatoms. The summed E-state index contributed by atoms with van der Waals surface area (Å²) in [5, 5.41) is 9.89. The first-order valence-electron chi connectivity index (χ1n) is 6.91. The topological polar surface area (TPSA) is 93.5 Å². The van der Waals surface area contributed by atoms with Crippen molar-refractivity contribution in [1.29, 1.82) is 0 Å². The second-order valence-electron chi connectivity index (χ2n) is 5.23. The normalized spacial score (nSPS) is 11.2. The quantitative estimate of drug-likeness (QED) is 0.724. The van der Waals surface area contributed by atoms with Crippen LogP contribution in [-0.2, 0) is 17.8 Å². The van der Waals surface area contributed by atoms with Gasteiger partial charge in [0.25, 0.3) is 0 Å². The third-order valence-corrected chi connectivity index (χ3v) is 3.87. The number of fused-ring (bicyclic) bond motifs is 2.